The number of ether oxygens (including phenoxy) is 2. The molecule has 1 amide bonds. The molecule has 2 unspecified atom stereocenters. The zero-order valence-corrected chi connectivity index (χ0v) is 14.4. The predicted molar refractivity (Wildman–Crippen MR) is 85.8 cm³/mol. The third-order valence-electron chi connectivity index (χ3n) is 4.40. The second kappa shape index (κ2) is 5.01. The highest BCUT2D eigenvalue weighted by Crippen LogP contribution is 2.42. The zero-order chi connectivity index (χ0) is 17.0. The van der Waals surface area contributed by atoms with Gasteiger partial charge >= 0.3 is 6.09 Å². The Morgan fingerprint density at radius 3 is 2.78 bits per heavy atom. The lowest BCUT2D eigenvalue weighted by Crippen LogP contribution is -2.42. The van der Waals surface area contributed by atoms with Crippen LogP contribution in [0.1, 0.15) is 39.7 Å². The summed E-state index contributed by atoms with van der Waals surface area (Å²) in [4.78, 5) is 25.9. The van der Waals surface area contributed by atoms with Gasteiger partial charge in [0.2, 0.25) is 0 Å². The molecule has 0 N–H and O–H groups in total. The van der Waals surface area contributed by atoms with E-state index in [1.807, 2.05) is 27.7 Å². The van der Waals surface area contributed by atoms with E-state index >= 15 is 0 Å². The minimum Gasteiger partial charge on any atom is -0.483 e. The van der Waals surface area contributed by atoms with Crippen molar-refractivity contribution in [3.05, 3.63) is 28.2 Å². The molecule has 2 atom stereocenters. The Morgan fingerprint density at radius 1 is 1.43 bits per heavy atom. The molecule has 23 heavy (non-hydrogen) atoms. The lowest BCUT2D eigenvalue weighted by Gasteiger charge is -2.27. The van der Waals surface area contributed by atoms with Crippen molar-refractivity contribution in [2.45, 2.75) is 57.8 Å². The Labute approximate surface area is 136 Å². The standard InChI is InChI=1S/C17H24N2O4/c1-11-7-17(10-19(11)15(21)23-16(2,3)4)8-12-6-14(20)18(5)9-13(12)22-17/h6,9,11H,7-8,10H2,1-5H3. The summed E-state index contributed by atoms with van der Waals surface area (Å²) in [7, 11) is 1.71. The predicted octanol–water partition coefficient (Wildman–Crippen LogP) is 2.09. The molecule has 2 aliphatic rings. The van der Waals surface area contributed by atoms with Gasteiger partial charge in [-0.3, -0.25) is 4.79 Å². The molecule has 3 rings (SSSR count). The van der Waals surface area contributed by atoms with Crippen molar-refractivity contribution in [3.63, 3.8) is 0 Å². The number of fused-ring (bicyclic) bond motifs is 1. The second-order valence-electron chi connectivity index (χ2n) is 7.74. The van der Waals surface area contributed by atoms with Gasteiger partial charge in [0.25, 0.3) is 5.56 Å². The Hall–Kier alpha value is -1.98. The van der Waals surface area contributed by atoms with E-state index in [0.29, 0.717) is 13.0 Å². The molecule has 6 nitrogen and oxygen atoms in total. The Kier molecular flexibility index (Phi) is 3.46. The average Bonchev–Trinajstić information content (AvgIpc) is 2.88. The van der Waals surface area contributed by atoms with Crippen molar-refractivity contribution in [1.29, 1.82) is 0 Å². The minimum atomic E-state index is -0.517. The summed E-state index contributed by atoms with van der Waals surface area (Å²) in [6.45, 7) is 8.07. The lowest BCUT2D eigenvalue weighted by atomic mass is 9.95. The van der Waals surface area contributed by atoms with E-state index in [1.54, 1.807) is 24.2 Å². The molecule has 2 aliphatic heterocycles. The Morgan fingerprint density at radius 2 is 2.13 bits per heavy atom. The first kappa shape index (κ1) is 15.9. The number of pyridine rings is 1. The van der Waals surface area contributed by atoms with Crippen LogP contribution >= 0.6 is 0 Å². The summed E-state index contributed by atoms with van der Waals surface area (Å²) < 4.78 is 13.2. The van der Waals surface area contributed by atoms with Gasteiger partial charge in [0, 0.05) is 43.8 Å². The van der Waals surface area contributed by atoms with Gasteiger partial charge in [-0.2, -0.15) is 0 Å². The van der Waals surface area contributed by atoms with Gasteiger partial charge in [0.15, 0.2) is 0 Å². The normalized spacial score (nSPS) is 26.3. The van der Waals surface area contributed by atoms with Crippen LogP contribution in [0.5, 0.6) is 5.75 Å². The summed E-state index contributed by atoms with van der Waals surface area (Å²) in [6, 6.07) is 1.67. The van der Waals surface area contributed by atoms with Crippen LogP contribution in [0.25, 0.3) is 0 Å². The van der Waals surface area contributed by atoms with Crippen molar-refractivity contribution < 1.29 is 14.3 Å². The van der Waals surface area contributed by atoms with Crippen LogP contribution in [0, 0.1) is 0 Å². The van der Waals surface area contributed by atoms with Crippen LogP contribution in [0.3, 0.4) is 0 Å². The van der Waals surface area contributed by atoms with Crippen molar-refractivity contribution in [2.75, 3.05) is 6.54 Å². The molecule has 0 aromatic carbocycles. The molecule has 3 heterocycles. The van der Waals surface area contributed by atoms with Gasteiger partial charge < -0.3 is 18.9 Å². The van der Waals surface area contributed by atoms with Crippen LogP contribution in [0.4, 0.5) is 4.79 Å². The molecule has 1 aromatic rings. The van der Waals surface area contributed by atoms with Gasteiger partial charge in [-0.05, 0) is 27.7 Å². The smallest absolute Gasteiger partial charge is 0.410 e. The number of aryl methyl sites for hydroxylation is 1. The third-order valence-corrected chi connectivity index (χ3v) is 4.40. The number of aromatic nitrogens is 1. The minimum absolute atomic E-state index is 0.0413. The summed E-state index contributed by atoms with van der Waals surface area (Å²) in [5.74, 6) is 0.741. The van der Waals surface area contributed by atoms with Crippen LogP contribution in [0.15, 0.2) is 17.1 Å². The van der Waals surface area contributed by atoms with E-state index in [9.17, 15) is 9.59 Å². The maximum atomic E-state index is 12.4. The summed E-state index contributed by atoms with van der Waals surface area (Å²) in [6.07, 6.45) is 2.81. The van der Waals surface area contributed by atoms with Crippen LogP contribution in [-0.2, 0) is 18.2 Å². The fraction of sp³-hybridized carbons (Fsp3) is 0.647. The molecule has 126 valence electrons. The fourth-order valence-corrected chi connectivity index (χ4v) is 3.44. The molecule has 1 spiro atoms. The maximum absolute atomic E-state index is 12.4. The number of nitrogens with zero attached hydrogens (tertiary/aromatic N) is 2. The van der Waals surface area contributed by atoms with Gasteiger partial charge in [0.1, 0.15) is 17.0 Å². The van der Waals surface area contributed by atoms with Crippen molar-refractivity contribution in [2.24, 2.45) is 7.05 Å². The molecular weight excluding hydrogens is 296 g/mol. The maximum Gasteiger partial charge on any atom is 0.410 e. The highest BCUT2D eigenvalue weighted by molar-refractivity contribution is 5.69. The van der Waals surface area contributed by atoms with Crippen LogP contribution in [0.2, 0.25) is 0 Å². The zero-order valence-electron chi connectivity index (χ0n) is 14.4. The summed E-state index contributed by atoms with van der Waals surface area (Å²) >= 11 is 0. The molecule has 1 saturated heterocycles. The van der Waals surface area contributed by atoms with E-state index in [4.69, 9.17) is 9.47 Å². The van der Waals surface area contributed by atoms with Gasteiger partial charge in [0.05, 0.1) is 6.54 Å². The van der Waals surface area contributed by atoms with E-state index < -0.39 is 11.2 Å². The quantitative estimate of drug-likeness (QED) is 0.734. The van der Waals surface area contributed by atoms with Crippen molar-refractivity contribution in [3.8, 4) is 5.75 Å². The van der Waals surface area contributed by atoms with Crippen molar-refractivity contribution >= 4 is 6.09 Å². The monoisotopic (exact) mass is 320 g/mol. The summed E-state index contributed by atoms with van der Waals surface area (Å²) in [5, 5.41) is 0. The van der Waals surface area contributed by atoms with Gasteiger partial charge in [-0.25, -0.2) is 4.79 Å². The molecule has 0 aliphatic carbocycles. The highest BCUT2D eigenvalue weighted by Gasteiger charge is 2.50. The number of amides is 1. The third kappa shape index (κ3) is 2.94. The molecule has 0 bridgehead atoms. The first-order valence-electron chi connectivity index (χ1n) is 7.97. The van der Waals surface area contributed by atoms with E-state index in [2.05, 4.69) is 0 Å². The van der Waals surface area contributed by atoms with Crippen LogP contribution in [-0.4, -0.2) is 39.3 Å². The van der Waals surface area contributed by atoms with E-state index in [-0.39, 0.29) is 17.7 Å². The molecule has 0 radical (unpaired) electrons. The first-order chi connectivity index (χ1) is 10.6. The Balaban J connectivity index is 1.79. The summed E-state index contributed by atoms with van der Waals surface area (Å²) in [5.41, 5.74) is -0.0812. The SMILES string of the molecule is CC1CC2(Cc3cc(=O)n(C)cc3O2)CN1C(=O)OC(C)(C)C. The van der Waals surface area contributed by atoms with Crippen molar-refractivity contribution in [1.82, 2.24) is 9.47 Å². The molecule has 0 saturated carbocycles. The van der Waals surface area contributed by atoms with E-state index in [1.165, 1.54) is 4.57 Å². The topological polar surface area (TPSA) is 60.8 Å². The first-order valence-corrected chi connectivity index (χ1v) is 7.97. The molecule has 6 heteroatoms. The van der Waals surface area contributed by atoms with Crippen LogP contribution < -0.4 is 10.3 Å². The number of carbonyl (C=O) groups excluding carboxylic acids is 1. The number of likely N-dealkylation sites (tertiary alicyclic amines) is 1. The second-order valence-corrected chi connectivity index (χ2v) is 7.74. The number of hydrogen-bond acceptors (Lipinski definition) is 4. The van der Waals surface area contributed by atoms with Gasteiger partial charge in [-0.1, -0.05) is 0 Å². The fourth-order valence-electron chi connectivity index (χ4n) is 3.44. The number of carbonyl (C=O) groups is 1. The lowest BCUT2D eigenvalue weighted by molar-refractivity contribution is 0.0190. The number of rotatable bonds is 0. The Bertz CT molecular complexity index is 704. The number of hydrogen-bond donors (Lipinski definition) is 0. The molecular formula is C17H24N2O4. The molecule has 1 aromatic heterocycles. The van der Waals surface area contributed by atoms with E-state index in [0.717, 1.165) is 17.7 Å². The molecule has 1 fully saturated rings. The largest absolute Gasteiger partial charge is 0.483 e. The highest BCUT2D eigenvalue weighted by atomic mass is 16.6. The average molecular weight is 320 g/mol. The van der Waals surface area contributed by atoms with Gasteiger partial charge in [-0.15, -0.1) is 0 Å².